The maximum Gasteiger partial charge on any atom is 0.190 e. The summed E-state index contributed by atoms with van der Waals surface area (Å²) in [6, 6.07) is 6.84. The van der Waals surface area contributed by atoms with Crippen LogP contribution in [0, 0.1) is 5.82 Å². The van der Waals surface area contributed by atoms with E-state index in [1.165, 1.54) is 6.07 Å². The van der Waals surface area contributed by atoms with E-state index in [1.807, 2.05) is 6.07 Å². The molecule has 1 aromatic rings. The Hall–Kier alpha value is -1.66. The lowest BCUT2D eigenvalue weighted by molar-refractivity contribution is 0.0168. The van der Waals surface area contributed by atoms with Gasteiger partial charge in [-0.25, -0.2) is 4.39 Å². The van der Waals surface area contributed by atoms with Crippen molar-refractivity contribution in [2.75, 3.05) is 40.0 Å². The predicted octanol–water partition coefficient (Wildman–Crippen LogP) is 2.12. The largest absolute Gasteiger partial charge is 0.379 e. The van der Waals surface area contributed by atoms with Crippen LogP contribution in [-0.4, -0.2) is 52.0 Å². The number of guanidine groups is 1. The van der Waals surface area contributed by atoms with Crippen LogP contribution in [0.2, 0.25) is 0 Å². The fourth-order valence-corrected chi connectivity index (χ4v) is 2.61. The molecule has 1 aliphatic rings. The van der Waals surface area contributed by atoms with Crippen molar-refractivity contribution in [2.45, 2.75) is 31.8 Å². The van der Waals surface area contributed by atoms with Gasteiger partial charge in [0.05, 0.1) is 12.7 Å². The molecule has 1 aromatic carbocycles. The predicted molar refractivity (Wildman–Crippen MR) is 93.9 cm³/mol. The highest BCUT2D eigenvalue weighted by molar-refractivity contribution is 5.79. The second-order valence-electron chi connectivity index (χ2n) is 5.83. The Bertz CT molecular complexity index is 505. The van der Waals surface area contributed by atoms with Gasteiger partial charge in [-0.05, 0) is 37.3 Å². The molecule has 1 atom stereocenters. The summed E-state index contributed by atoms with van der Waals surface area (Å²) in [7, 11) is 1.73. The third-order valence-electron chi connectivity index (χ3n) is 3.95. The van der Waals surface area contributed by atoms with Crippen LogP contribution >= 0.6 is 0 Å². The lowest BCUT2D eigenvalue weighted by atomic mass is 10.1. The molecule has 0 aromatic heterocycles. The zero-order chi connectivity index (χ0) is 17.0. The molecule has 5 nitrogen and oxygen atoms in total. The Labute approximate surface area is 143 Å². The summed E-state index contributed by atoms with van der Waals surface area (Å²) < 4.78 is 24.7. The molecule has 2 N–H and O–H groups in total. The Balaban J connectivity index is 1.51. The van der Waals surface area contributed by atoms with Gasteiger partial charge in [-0.2, -0.15) is 0 Å². The minimum absolute atomic E-state index is 0.161. The third-order valence-corrected chi connectivity index (χ3v) is 3.95. The molecule has 1 aliphatic heterocycles. The van der Waals surface area contributed by atoms with Crippen molar-refractivity contribution in [3.8, 4) is 0 Å². The molecule has 1 unspecified atom stereocenters. The highest BCUT2D eigenvalue weighted by Crippen LogP contribution is 2.11. The van der Waals surface area contributed by atoms with Crippen LogP contribution in [0.1, 0.15) is 24.8 Å². The highest BCUT2D eigenvalue weighted by atomic mass is 19.1. The summed E-state index contributed by atoms with van der Waals surface area (Å²) in [6.45, 7) is 3.68. The third kappa shape index (κ3) is 6.84. The quantitative estimate of drug-likeness (QED) is 0.412. The zero-order valence-electron chi connectivity index (χ0n) is 14.4. The SMILES string of the molecule is CN=C(NCCCOCC1CCCO1)NCCc1ccccc1F. The average Bonchev–Trinajstić information content (AvgIpc) is 3.11. The van der Waals surface area contributed by atoms with Gasteiger partial charge < -0.3 is 20.1 Å². The van der Waals surface area contributed by atoms with Gasteiger partial charge in [-0.3, -0.25) is 4.99 Å². The summed E-state index contributed by atoms with van der Waals surface area (Å²) in [4.78, 5) is 4.16. The molecule has 1 saturated heterocycles. The van der Waals surface area contributed by atoms with Gasteiger partial charge in [-0.15, -0.1) is 0 Å². The van der Waals surface area contributed by atoms with E-state index >= 15 is 0 Å². The normalized spacial score (nSPS) is 17.9. The molecule has 0 amide bonds. The molecule has 0 bridgehead atoms. The Morgan fingerprint density at radius 2 is 2.17 bits per heavy atom. The first-order chi connectivity index (χ1) is 11.8. The number of nitrogens with one attached hydrogen (secondary N) is 2. The van der Waals surface area contributed by atoms with Crippen molar-refractivity contribution in [1.29, 1.82) is 0 Å². The fraction of sp³-hybridized carbons (Fsp3) is 0.611. The number of aliphatic imine (C=N–C) groups is 1. The molecule has 134 valence electrons. The minimum atomic E-state index is -0.161. The van der Waals surface area contributed by atoms with Crippen LogP contribution in [0.15, 0.2) is 29.3 Å². The van der Waals surface area contributed by atoms with Gasteiger partial charge in [0.1, 0.15) is 5.82 Å². The van der Waals surface area contributed by atoms with Crippen molar-refractivity contribution in [3.05, 3.63) is 35.6 Å². The molecule has 1 fully saturated rings. The first-order valence-electron chi connectivity index (χ1n) is 8.67. The number of benzene rings is 1. The van der Waals surface area contributed by atoms with Crippen molar-refractivity contribution >= 4 is 5.96 Å². The second-order valence-corrected chi connectivity index (χ2v) is 5.83. The van der Waals surface area contributed by atoms with E-state index in [-0.39, 0.29) is 11.9 Å². The van der Waals surface area contributed by atoms with Gasteiger partial charge in [0.15, 0.2) is 5.96 Å². The number of hydrogen-bond acceptors (Lipinski definition) is 3. The first kappa shape index (κ1) is 18.7. The van der Waals surface area contributed by atoms with Crippen LogP contribution in [0.4, 0.5) is 4.39 Å². The zero-order valence-corrected chi connectivity index (χ0v) is 14.4. The van der Waals surface area contributed by atoms with Gasteiger partial charge >= 0.3 is 0 Å². The van der Waals surface area contributed by atoms with E-state index in [4.69, 9.17) is 9.47 Å². The second kappa shape index (κ2) is 11.0. The Morgan fingerprint density at radius 3 is 2.92 bits per heavy atom. The van der Waals surface area contributed by atoms with Crippen LogP contribution in [0.3, 0.4) is 0 Å². The van der Waals surface area contributed by atoms with E-state index in [0.29, 0.717) is 31.7 Å². The van der Waals surface area contributed by atoms with E-state index in [2.05, 4.69) is 15.6 Å². The minimum Gasteiger partial charge on any atom is -0.379 e. The van der Waals surface area contributed by atoms with Crippen LogP contribution in [0.25, 0.3) is 0 Å². The number of rotatable bonds is 9. The fourth-order valence-electron chi connectivity index (χ4n) is 2.61. The van der Waals surface area contributed by atoms with Crippen LogP contribution in [-0.2, 0) is 15.9 Å². The smallest absolute Gasteiger partial charge is 0.190 e. The first-order valence-corrected chi connectivity index (χ1v) is 8.67. The van der Waals surface area contributed by atoms with Crippen LogP contribution in [0.5, 0.6) is 0 Å². The van der Waals surface area contributed by atoms with E-state index in [9.17, 15) is 4.39 Å². The van der Waals surface area contributed by atoms with Crippen molar-refractivity contribution in [1.82, 2.24) is 10.6 Å². The molecule has 0 saturated carbocycles. The van der Waals surface area contributed by atoms with Gasteiger partial charge in [0.2, 0.25) is 0 Å². The van der Waals surface area contributed by atoms with Gasteiger partial charge in [0, 0.05) is 33.4 Å². The molecule has 0 aliphatic carbocycles. The Morgan fingerprint density at radius 1 is 1.33 bits per heavy atom. The summed E-state index contributed by atoms with van der Waals surface area (Å²) in [5, 5.41) is 6.42. The number of halogens is 1. The summed E-state index contributed by atoms with van der Waals surface area (Å²) in [5.41, 5.74) is 0.711. The molecule has 2 rings (SSSR count). The molecule has 24 heavy (non-hydrogen) atoms. The monoisotopic (exact) mass is 337 g/mol. The molecule has 0 spiro atoms. The number of nitrogens with zero attached hydrogens (tertiary/aromatic N) is 1. The van der Waals surface area contributed by atoms with Crippen molar-refractivity contribution in [2.24, 2.45) is 4.99 Å². The number of ether oxygens (including phenoxy) is 2. The van der Waals surface area contributed by atoms with Crippen LogP contribution < -0.4 is 10.6 Å². The Kier molecular flexibility index (Phi) is 8.55. The maximum absolute atomic E-state index is 13.5. The molecular formula is C18H28FN3O2. The number of hydrogen-bond donors (Lipinski definition) is 2. The lowest BCUT2D eigenvalue weighted by Gasteiger charge is -2.13. The topological polar surface area (TPSA) is 54.9 Å². The van der Waals surface area contributed by atoms with Crippen molar-refractivity contribution < 1.29 is 13.9 Å². The molecule has 6 heteroatoms. The standard InChI is InChI=1S/C18H28FN3O2/c1-20-18(22-11-9-15-6-2-3-8-17(15)19)21-10-5-12-23-14-16-7-4-13-24-16/h2-3,6,8,16H,4-5,7,9-14H2,1H3,(H2,20,21,22). The van der Waals surface area contributed by atoms with E-state index < -0.39 is 0 Å². The summed E-state index contributed by atoms with van der Waals surface area (Å²) in [6.07, 6.45) is 4.06. The van der Waals surface area contributed by atoms with E-state index in [0.717, 1.165) is 38.4 Å². The average molecular weight is 337 g/mol. The summed E-state index contributed by atoms with van der Waals surface area (Å²) >= 11 is 0. The molecule has 0 radical (unpaired) electrons. The van der Waals surface area contributed by atoms with Crippen molar-refractivity contribution in [3.63, 3.8) is 0 Å². The molecular weight excluding hydrogens is 309 g/mol. The molecule has 1 heterocycles. The van der Waals surface area contributed by atoms with Gasteiger partial charge in [-0.1, -0.05) is 18.2 Å². The highest BCUT2D eigenvalue weighted by Gasteiger charge is 2.14. The van der Waals surface area contributed by atoms with E-state index in [1.54, 1.807) is 19.2 Å². The summed E-state index contributed by atoms with van der Waals surface area (Å²) in [5.74, 6) is 0.566. The van der Waals surface area contributed by atoms with Gasteiger partial charge in [0.25, 0.3) is 0 Å². The maximum atomic E-state index is 13.5. The lowest BCUT2D eigenvalue weighted by Crippen LogP contribution is -2.39.